The maximum atomic E-state index is 4.36. The number of hydrogen-bond acceptors (Lipinski definition) is 3. The number of nitrogens with zero attached hydrogens (tertiary/aromatic N) is 3. The van der Waals surface area contributed by atoms with E-state index in [9.17, 15) is 0 Å². The van der Waals surface area contributed by atoms with Crippen molar-refractivity contribution in [2.45, 2.75) is 39.0 Å². The van der Waals surface area contributed by atoms with Gasteiger partial charge in [-0.15, -0.1) is 0 Å². The van der Waals surface area contributed by atoms with Crippen LogP contribution < -0.4 is 4.90 Å². The minimum absolute atomic E-state index is 0.872. The predicted octanol–water partition coefficient (Wildman–Crippen LogP) is 3.65. The van der Waals surface area contributed by atoms with Crippen LogP contribution in [0.3, 0.4) is 0 Å². The lowest BCUT2D eigenvalue weighted by Gasteiger charge is -2.21. The fourth-order valence-corrected chi connectivity index (χ4v) is 2.88. The van der Waals surface area contributed by atoms with Crippen molar-refractivity contribution in [1.29, 1.82) is 0 Å². The minimum Gasteiger partial charge on any atom is -0.356 e. The topological polar surface area (TPSA) is 29.0 Å². The summed E-state index contributed by atoms with van der Waals surface area (Å²) in [5.41, 5.74) is 0. The third-order valence-corrected chi connectivity index (χ3v) is 3.92. The van der Waals surface area contributed by atoms with Crippen molar-refractivity contribution in [2.75, 3.05) is 18.0 Å². The van der Waals surface area contributed by atoms with Crippen LogP contribution in [-0.2, 0) is 0 Å². The van der Waals surface area contributed by atoms with E-state index in [4.69, 9.17) is 0 Å². The molecule has 0 spiro atoms. The summed E-state index contributed by atoms with van der Waals surface area (Å²) in [6.45, 7) is 4.54. The molecule has 1 aliphatic rings. The molecular weight excluding hydrogens is 278 g/mol. The summed E-state index contributed by atoms with van der Waals surface area (Å²) in [4.78, 5) is 10.8. The van der Waals surface area contributed by atoms with Gasteiger partial charge in [0.05, 0.1) is 0 Å². The van der Waals surface area contributed by atoms with Crippen LogP contribution in [-0.4, -0.2) is 23.1 Å². The Labute approximate surface area is 112 Å². The molecule has 1 saturated heterocycles. The van der Waals surface area contributed by atoms with Crippen LogP contribution >= 0.6 is 15.9 Å². The van der Waals surface area contributed by atoms with Gasteiger partial charge in [-0.2, -0.15) is 0 Å². The van der Waals surface area contributed by atoms with E-state index in [0.29, 0.717) is 0 Å². The summed E-state index contributed by atoms with van der Waals surface area (Å²) in [7, 11) is 0. The molecule has 2 rings (SSSR count). The molecule has 17 heavy (non-hydrogen) atoms. The highest BCUT2D eigenvalue weighted by atomic mass is 79.9. The molecule has 0 bridgehead atoms. The first-order valence-electron chi connectivity index (χ1n) is 6.52. The monoisotopic (exact) mass is 297 g/mol. The second-order valence-electron chi connectivity index (χ2n) is 4.77. The Balaban J connectivity index is 1.99. The van der Waals surface area contributed by atoms with Gasteiger partial charge in [0.15, 0.2) is 0 Å². The third-order valence-electron chi connectivity index (χ3n) is 3.49. The zero-order chi connectivity index (χ0) is 12.1. The van der Waals surface area contributed by atoms with E-state index in [-0.39, 0.29) is 0 Å². The number of halogens is 1. The van der Waals surface area contributed by atoms with Crippen molar-refractivity contribution in [3.05, 3.63) is 17.0 Å². The molecule has 1 atom stereocenters. The Morgan fingerprint density at radius 1 is 1.35 bits per heavy atom. The van der Waals surface area contributed by atoms with Gasteiger partial charge >= 0.3 is 0 Å². The quantitative estimate of drug-likeness (QED) is 0.798. The lowest BCUT2D eigenvalue weighted by Crippen LogP contribution is -2.25. The molecule has 0 radical (unpaired) electrons. The van der Waals surface area contributed by atoms with Crippen LogP contribution in [0.2, 0.25) is 0 Å². The largest absolute Gasteiger partial charge is 0.356 e. The highest BCUT2D eigenvalue weighted by Gasteiger charge is 2.17. The molecule has 0 aromatic carbocycles. The maximum absolute atomic E-state index is 4.36. The Morgan fingerprint density at radius 3 is 3.00 bits per heavy atom. The van der Waals surface area contributed by atoms with Crippen LogP contribution in [0.25, 0.3) is 0 Å². The summed E-state index contributed by atoms with van der Waals surface area (Å²) in [6.07, 6.45) is 8.28. The maximum Gasteiger partial charge on any atom is 0.133 e. The van der Waals surface area contributed by atoms with E-state index >= 15 is 0 Å². The molecule has 0 aliphatic carbocycles. The fraction of sp³-hybridized carbons (Fsp3) is 0.692. The zero-order valence-electron chi connectivity index (χ0n) is 10.4. The van der Waals surface area contributed by atoms with Crippen molar-refractivity contribution in [2.24, 2.45) is 5.92 Å². The molecule has 0 amide bonds. The van der Waals surface area contributed by atoms with Crippen LogP contribution in [0.5, 0.6) is 0 Å². The van der Waals surface area contributed by atoms with Gasteiger partial charge < -0.3 is 4.90 Å². The average Bonchev–Trinajstić information content (AvgIpc) is 2.55. The minimum atomic E-state index is 0.872. The van der Waals surface area contributed by atoms with E-state index in [2.05, 4.69) is 37.7 Å². The summed E-state index contributed by atoms with van der Waals surface area (Å²) in [5, 5.41) is 0. The van der Waals surface area contributed by atoms with Gasteiger partial charge in [0.2, 0.25) is 0 Å². The fourth-order valence-electron chi connectivity index (χ4n) is 2.59. The van der Waals surface area contributed by atoms with Gasteiger partial charge in [-0.25, -0.2) is 9.97 Å². The zero-order valence-corrected chi connectivity index (χ0v) is 12.0. The van der Waals surface area contributed by atoms with Gasteiger partial charge in [0.1, 0.15) is 16.7 Å². The van der Waals surface area contributed by atoms with Gasteiger partial charge in [-0.1, -0.05) is 19.8 Å². The number of rotatable bonds is 3. The third kappa shape index (κ3) is 3.66. The molecule has 0 saturated carbocycles. The van der Waals surface area contributed by atoms with Crippen molar-refractivity contribution in [3.63, 3.8) is 0 Å². The van der Waals surface area contributed by atoms with Crippen LogP contribution in [0.4, 0.5) is 5.82 Å². The SMILES string of the molecule is CCCC1CCCN(c2cc(Br)ncn2)CC1. The molecule has 1 aromatic rings. The van der Waals surface area contributed by atoms with Gasteiger partial charge in [0, 0.05) is 19.2 Å². The van der Waals surface area contributed by atoms with Crippen molar-refractivity contribution >= 4 is 21.7 Å². The number of aromatic nitrogens is 2. The molecule has 94 valence electrons. The average molecular weight is 298 g/mol. The van der Waals surface area contributed by atoms with E-state index < -0.39 is 0 Å². The molecular formula is C13H20BrN3. The summed E-state index contributed by atoms with van der Waals surface area (Å²) < 4.78 is 0.872. The number of anilines is 1. The smallest absolute Gasteiger partial charge is 0.133 e. The molecule has 1 unspecified atom stereocenters. The van der Waals surface area contributed by atoms with Crippen LogP contribution in [0.15, 0.2) is 17.0 Å². The lowest BCUT2D eigenvalue weighted by atomic mass is 9.96. The van der Waals surface area contributed by atoms with Gasteiger partial charge in [0.25, 0.3) is 0 Å². The first kappa shape index (κ1) is 12.8. The molecule has 0 N–H and O–H groups in total. The Kier molecular flexibility index (Phi) is 4.77. The number of hydrogen-bond donors (Lipinski definition) is 0. The first-order valence-corrected chi connectivity index (χ1v) is 7.31. The molecule has 2 heterocycles. The van der Waals surface area contributed by atoms with Crippen molar-refractivity contribution in [1.82, 2.24) is 9.97 Å². The second-order valence-corrected chi connectivity index (χ2v) is 5.58. The standard InChI is InChI=1S/C13H20BrN3/c1-2-4-11-5-3-7-17(8-6-11)13-9-12(14)15-10-16-13/h9-11H,2-8H2,1H3. The molecule has 4 heteroatoms. The Hall–Kier alpha value is -0.640. The molecule has 1 aromatic heterocycles. The van der Waals surface area contributed by atoms with Gasteiger partial charge in [-0.3, -0.25) is 0 Å². The summed E-state index contributed by atoms with van der Waals surface area (Å²) in [6, 6.07) is 2.01. The first-order chi connectivity index (χ1) is 8.29. The highest BCUT2D eigenvalue weighted by molar-refractivity contribution is 9.10. The van der Waals surface area contributed by atoms with E-state index in [1.165, 1.54) is 32.1 Å². The highest BCUT2D eigenvalue weighted by Crippen LogP contribution is 2.25. The van der Waals surface area contributed by atoms with E-state index in [1.807, 2.05) is 6.07 Å². The summed E-state index contributed by atoms with van der Waals surface area (Å²) >= 11 is 3.41. The van der Waals surface area contributed by atoms with E-state index in [0.717, 1.165) is 29.4 Å². The molecule has 1 fully saturated rings. The molecule has 3 nitrogen and oxygen atoms in total. The lowest BCUT2D eigenvalue weighted by molar-refractivity contribution is 0.435. The Morgan fingerprint density at radius 2 is 2.24 bits per heavy atom. The molecule has 1 aliphatic heterocycles. The second kappa shape index (κ2) is 6.34. The van der Waals surface area contributed by atoms with Crippen LogP contribution in [0.1, 0.15) is 39.0 Å². The predicted molar refractivity (Wildman–Crippen MR) is 74.2 cm³/mol. The summed E-state index contributed by atoms with van der Waals surface area (Å²) in [5.74, 6) is 1.97. The van der Waals surface area contributed by atoms with Crippen LogP contribution in [0, 0.1) is 5.92 Å². The van der Waals surface area contributed by atoms with Crippen molar-refractivity contribution < 1.29 is 0 Å². The van der Waals surface area contributed by atoms with E-state index in [1.54, 1.807) is 6.33 Å². The normalized spacial score (nSPS) is 21.3. The van der Waals surface area contributed by atoms with Gasteiger partial charge in [-0.05, 0) is 41.1 Å². The van der Waals surface area contributed by atoms with Crippen molar-refractivity contribution in [3.8, 4) is 0 Å². The Bertz CT molecular complexity index is 356.